The molecule has 0 aliphatic rings. The number of carbonyl (C=O) groups is 1. The minimum absolute atomic E-state index is 0.0776. The lowest BCUT2D eigenvalue weighted by atomic mass is 10.1. The van der Waals surface area contributed by atoms with Gasteiger partial charge in [-0.15, -0.1) is 0 Å². The number of furan rings is 1. The summed E-state index contributed by atoms with van der Waals surface area (Å²) in [4.78, 5) is 16.5. The molecule has 0 fully saturated rings. The maximum Gasteiger partial charge on any atom is 0.232 e. The number of hydrogen-bond donors (Lipinski definition) is 0. The van der Waals surface area contributed by atoms with Crippen molar-refractivity contribution in [2.24, 2.45) is 0 Å². The van der Waals surface area contributed by atoms with Crippen LogP contribution in [0.25, 0.3) is 16.5 Å². The molecule has 0 amide bonds. The van der Waals surface area contributed by atoms with Crippen LogP contribution in [0.3, 0.4) is 0 Å². The monoisotopic (exact) mass is 281 g/mol. The normalized spacial score (nSPS) is 11.3. The van der Waals surface area contributed by atoms with Crippen LogP contribution >= 0.6 is 0 Å². The zero-order valence-corrected chi connectivity index (χ0v) is 10.7. The second-order valence-corrected chi connectivity index (χ2v) is 4.56. The quantitative estimate of drug-likeness (QED) is 0.530. The standard InChI is InChI=1S/C15H8FN3O2/c16-11-3-1-2-9-6-13(21-15(9)11)14(20)10-7-18-19-5-4-17-8-12(10)19/h1-8H. The van der Waals surface area contributed by atoms with E-state index >= 15 is 0 Å². The second-order valence-electron chi connectivity index (χ2n) is 4.56. The lowest BCUT2D eigenvalue weighted by Crippen LogP contribution is -1.99. The molecule has 3 heterocycles. The molecule has 102 valence electrons. The van der Waals surface area contributed by atoms with Gasteiger partial charge in [-0.2, -0.15) is 5.10 Å². The SMILES string of the molecule is O=C(c1cc2cccc(F)c2o1)c1cnn2ccncc12. The van der Waals surface area contributed by atoms with Crippen molar-refractivity contribution in [2.75, 3.05) is 0 Å². The van der Waals surface area contributed by atoms with Crippen molar-refractivity contribution in [3.63, 3.8) is 0 Å². The summed E-state index contributed by atoms with van der Waals surface area (Å²) in [7, 11) is 0. The molecule has 0 saturated heterocycles. The highest BCUT2D eigenvalue weighted by Crippen LogP contribution is 2.24. The Kier molecular flexibility index (Phi) is 2.38. The first-order chi connectivity index (χ1) is 10.2. The first-order valence-electron chi connectivity index (χ1n) is 6.24. The van der Waals surface area contributed by atoms with E-state index in [1.165, 1.54) is 18.3 Å². The maximum absolute atomic E-state index is 13.6. The summed E-state index contributed by atoms with van der Waals surface area (Å²) in [6.45, 7) is 0. The van der Waals surface area contributed by atoms with Crippen molar-refractivity contribution in [3.8, 4) is 0 Å². The van der Waals surface area contributed by atoms with Gasteiger partial charge in [-0.3, -0.25) is 9.78 Å². The van der Waals surface area contributed by atoms with Gasteiger partial charge in [0.25, 0.3) is 0 Å². The summed E-state index contributed by atoms with van der Waals surface area (Å²) in [5.74, 6) is -0.768. The molecule has 4 aromatic rings. The molecule has 0 aliphatic heterocycles. The minimum Gasteiger partial charge on any atom is -0.449 e. The van der Waals surface area contributed by atoms with Gasteiger partial charge in [-0.1, -0.05) is 12.1 Å². The largest absolute Gasteiger partial charge is 0.449 e. The molecule has 4 rings (SSSR count). The number of halogens is 1. The van der Waals surface area contributed by atoms with Gasteiger partial charge in [-0.05, 0) is 12.1 Å². The van der Waals surface area contributed by atoms with Crippen molar-refractivity contribution in [2.45, 2.75) is 0 Å². The molecule has 0 aliphatic carbocycles. The molecule has 3 aromatic heterocycles. The Morgan fingerprint density at radius 2 is 2.19 bits per heavy atom. The van der Waals surface area contributed by atoms with Crippen molar-refractivity contribution >= 4 is 22.3 Å². The van der Waals surface area contributed by atoms with E-state index in [-0.39, 0.29) is 17.1 Å². The maximum atomic E-state index is 13.6. The summed E-state index contributed by atoms with van der Waals surface area (Å²) in [6, 6.07) is 6.08. The van der Waals surface area contributed by atoms with E-state index in [0.29, 0.717) is 16.5 Å². The molecule has 0 radical (unpaired) electrons. The Morgan fingerprint density at radius 1 is 1.29 bits per heavy atom. The topological polar surface area (TPSA) is 60.4 Å². The molecular weight excluding hydrogens is 273 g/mol. The Labute approximate surface area is 117 Å². The van der Waals surface area contributed by atoms with Gasteiger partial charge in [0.15, 0.2) is 17.2 Å². The first kappa shape index (κ1) is 11.8. The Balaban J connectivity index is 1.88. The van der Waals surface area contributed by atoms with Gasteiger partial charge < -0.3 is 4.42 Å². The first-order valence-corrected chi connectivity index (χ1v) is 6.24. The third-order valence-corrected chi connectivity index (χ3v) is 3.29. The Hall–Kier alpha value is -3.02. The highest BCUT2D eigenvalue weighted by atomic mass is 19.1. The highest BCUT2D eigenvalue weighted by molar-refractivity contribution is 6.12. The Morgan fingerprint density at radius 3 is 3.05 bits per heavy atom. The molecule has 0 bridgehead atoms. The summed E-state index contributed by atoms with van der Waals surface area (Å²) in [6.07, 6.45) is 6.21. The zero-order valence-electron chi connectivity index (χ0n) is 10.7. The van der Waals surface area contributed by atoms with E-state index < -0.39 is 5.82 Å². The van der Waals surface area contributed by atoms with Crippen molar-refractivity contribution in [1.82, 2.24) is 14.6 Å². The fourth-order valence-corrected chi connectivity index (χ4v) is 2.28. The second kappa shape index (κ2) is 4.24. The van der Waals surface area contributed by atoms with Crippen LogP contribution in [0.1, 0.15) is 16.1 Å². The molecule has 0 atom stereocenters. The number of para-hydroxylation sites is 1. The number of ketones is 1. The fourth-order valence-electron chi connectivity index (χ4n) is 2.28. The third kappa shape index (κ3) is 1.73. The highest BCUT2D eigenvalue weighted by Gasteiger charge is 2.19. The van der Waals surface area contributed by atoms with Gasteiger partial charge in [0.05, 0.1) is 23.5 Å². The van der Waals surface area contributed by atoms with Crippen LogP contribution in [-0.2, 0) is 0 Å². The summed E-state index contributed by atoms with van der Waals surface area (Å²) >= 11 is 0. The molecule has 0 unspecified atom stereocenters. The average Bonchev–Trinajstić information content (AvgIpc) is 3.11. The van der Waals surface area contributed by atoms with Gasteiger partial charge in [-0.25, -0.2) is 8.91 Å². The molecule has 0 saturated carbocycles. The number of carbonyl (C=O) groups excluding carboxylic acids is 1. The number of nitrogens with zero attached hydrogens (tertiary/aromatic N) is 3. The van der Waals surface area contributed by atoms with Crippen LogP contribution in [0.4, 0.5) is 4.39 Å². The van der Waals surface area contributed by atoms with Crippen LogP contribution in [0, 0.1) is 5.82 Å². The number of hydrogen-bond acceptors (Lipinski definition) is 4. The number of rotatable bonds is 2. The van der Waals surface area contributed by atoms with E-state index in [9.17, 15) is 9.18 Å². The number of fused-ring (bicyclic) bond motifs is 2. The molecule has 5 nitrogen and oxygen atoms in total. The van der Waals surface area contributed by atoms with Crippen LogP contribution in [-0.4, -0.2) is 20.4 Å². The van der Waals surface area contributed by atoms with Crippen LogP contribution in [0.2, 0.25) is 0 Å². The lowest BCUT2D eigenvalue weighted by Gasteiger charge is -1.95. The molecule has 1 aromatic carbocycles. The van der Waals surface area contributed by atoms with E-state index in [0.717, 1.165) is 0 Å². The number of benzene rings is 1. The van der Waals surface area contributed by atoms with Gasteiger partial charge >= 0.3 is 0 Å². The lowest BCUT2D eigenvalue weighted by molar-refractivity contribution is 0.101. The number of aromatic nitrogens is 3. The molecule has 21 heavy (non-hydrogen) atoms. The summed E-state index contributed by atoms with van der Waals surface area (Å²) in [5.41, 5.74) is 1.02. The summed E-state index contributed by atoms with van der Waals surface area (Å²) in [5, 5.41) is 4.63. The zero-order chi connectivity index (χ0) is 14.4. The molecule has 0 N–H and O–H groups in total. The van der Waals surface area contributed by atoms with E-state index in [4.69, 9.17) is 4.42 Å². The molecule has 6 heteroatoms. The van der Waals surface area contributed by atoms with Crippen LogP contribution in [0.15, 0.2) is 53.5 Å². The Bertz CT molecular complexity index is 987. The summed E-state index contributed by atoms with van der Waals surface area (Å²) < 4.78 is 20.5. The average molecular weight is 281 g/mol. The van der Waals surface area contributed by atoms with E-state index in [2.05, 4.69) is 10.1 Å². The van der Waals surface area contributed by atoms with Crippen LogP contribution < -0.4 is 0 Å². The third-order valence-electron chi connectivity index (χ3n) is 3.29. The van der Waals surface area contributed by atoms with Crippen LogP contribution in [0.5, 0.6) is 0 Å². The van der Waals surface area contributed by atoms with Crippen molar-refractivity contribution < 1.29 is 13.6 Å². The predicted molar refractivity (Wildman–Crippen MR) is 72.6 cm³/mol. The predicted octanol–water partition coefficient (Wildman–Crippen LogP) is 2.85. The van der Waals surface area contributed by atoms with E-state index in [1.54, 1.807) is 35.2 Å². The smallest absolute Gasteiger partial charge is 0.232 e. The van der Waals surface area contributed by atoms with Gasteiger partial charge in [0, 0.05) is 17.8 Å². The van der Waals surface area contributed by atoms with Crippen molar-refractivity contribution in [1.29, 1.82) is 0 Å². The van der Waals surface area contributed by atoms with Gasteiger partial charge in [0.1, 0.15) is 0 Å². The van der Waals surface area contributed by atoms with Gasteiger partial charge in [0.2, 0.25) is 5.78 Å². The minimum atomic E-state index is -0.493. The molecule has 0 spiro atoms. The molecular formula is C15H8FN3O2. The fraction of sp³-hybridized carbons (Fsp3) is 0. The van der Waals surface area contributed by atoms with E-state index in [1.807, 2.05) is 0 Å². The van der Waals surface area contributed by atoms with Crippen molar-refractivity contribution in [3.05, 3.63) is 66.2 Å².